The van der Waals surface area contributed by atoms with E-state index in [1.807, 2.05) is 6.92 Å². The zero-order valence-electron chi connectivity index (χ0n) is 11.6. The second-order valence-electron chi connectivity index (χ2n) is 5.19. The van der Waals surface area contributed by atoms with Crippen LogP contribution in [0.5, 0.6) is 0 Å². The number of hydrogen-bond donors (Lipinski definition) is 3. The van der Waals surface area contributed by atoms with Crippen molar-refractivity contribution in [3.8, 4) is 0 Å². The van der Waals surface area contributed by atoms with Gasteiger partial charge in [-0.1, -0.05) is 18.2 Å². The van der Waals surface area contributed by atoms with E-state index in [0.29, 0.717) is 18.1 Å². The van der Waals surface area contributed by atoms with Crippen LogP contribution in [0.1, 0.15) is 32.6 Å². The summed E-state index contributed by atoms with van der Waals surface area (Å²) in [6.45, 7) is 2.49. The first kappa shape index (κ1) is 15.1. The highest BCUT2D eigenvalue weighted by Crippen LogP contribution is 2.37. The number of carbonyl (C=O) groups is 1. The minimum Gasteiger partial charge on any atom is -0.368 e. The summed E-state index contributed by atoms with van der Waals surface area (Å²) in [4.78, 5) is 22.9. The average Bonchev–Trinajstić information content (AvgIpc) is 2.95. The topological polar surface area (TPSA) is 120 Å². The van der Waals surface area contributed by atoms with Crippen LogP contribution in [0.25, 0.3) is 0 Å². The van der Waals surface area contributed by atoms with E-state index in [4.69, 9.17) is 11.5 Å². The molecule has 112 valence electrons. The van der Waals surface area contributed by atoms with Gasteiger partial charge in [-0.3, -0.25) is 9.36 Å². The molecule has 0 aliphatic heterocycles. The molecule has 1 saturated carbocycles. The zero-order valence-corrected chi connectivity index (χ0v) is 12.4. The molecule has 1 amide bonds. The smallest absolute Gasteiger partial charge is 0.343 e. The lowest BCUT2D eigenvalue weighted by Crippen LogP contribution is -2.54. The number of primary amides is 1. The Balaban J connectivity index is 1.93. The Morgan fingerprint density at radius 1 is 1.65 bits per heavy atom. The molecule has 1 aliphatic carbocycles. The number of nitrogens with two attached hydrogens (primary N) is 2. The van der Waals surface area contributed by atoms with Crippen molar-refractivity contribution in [3.05, 3.63) is 10.5 Å². The molecule has 0 aromatic carbocycles. The lowest BCUT2D eigenvalue weighted by molar-refractivity contribution is -0.124. The van der Waals surface area contributed by atoms with Gasteiger partial charge in [-0.05, 0) is 32.1 Å². The molecule has 8 heteroatoms. The van der Waals surface area contributed by atoms with Gasteiger partial charge in [-0.2, -0.15) is 0 Å². The van der Waals surface area contributed by atoms with E-state index >= 15 is 0 Å². The fourth-order valence-corrected chi connectivity index (χ4v) is 3.88. The van der Waals surface area contributed by atoms with Gasteiger partial charge in [0.25, 0.3) is 0 Å². The summed E-state index contributed by atoms with van der Waals surface area (Å²) in [5, 5.41) is 7.10. The molecule has 1 aromatic heterocycles. The Kier molecular flexibility index (Phi) is 4.54. The molecule has 0 radical (unpaired) electrons. The van der Waals surface area contributed by atoms with Crippen LogP contribution in [-0.4, -0.2) is 32.0 Å². The van der Waals surface area contributed by atoms with Crippen molar-refractivity contribution in [2.24, 2.45) is 17.4 Å². The molecule has 0 spiro atoms. The largest absolute Gasteiger partial charge is 0.368 e. The second kappa shape index (κ2) is 6.01. The normalized spacial score (nSPS) is 26.0. The van der Waals surface area contributed by atoms with Crippen LogP contribution in [0.2, 0.25) is 0 Å². The maximum absolute atomic E-state index is 11.5. The molecule has 2 unspecified atom stereocenters. The Morgan fingerprint density at radius 2 is 2.40 bits per heavy atom. The summed E-state index contributed by atoms with van der Waals surface area (Å²) in [5.41, 5.74) is 10.5. The second-order valence-corrected chi connectivity index (χ2v) is 6.25. The molecule has 0 bridgehead atoms. The fraction of sp³-hybridized carbons (Fsp3) is 0.750. The Labute approximate surface area is 121 Å². The van der Waals surface area contributed by atoms with Crippen LogP contribution in [0, 0.1) is 5.92 Å². The third-order valence-electron chi connectivity index (χ3n) is 4.07. The number of thioether (sulfide) groups is 1. The highest BCUT2D eigenvalue weighted by atomic mass is 32.2. The number of nitrogens with one attached hydrogen (secondary N) is 1. The molecule has 1 heterocycles. The molecule has 0 saturated heterocycles. The van der Waals surface area contributed by atoms with E-state index in [0.717, 1.165) is 25.0 Å². The Hall–Kier alpha value is -1.28. The van der Waals surface area contributed by atoms with Crippen LogP contribution in [0.4, 0.5) is 0 Å². The van der Waals surface area contributed by atoms with Gasteiger partial charge in [0.2, 0.25) is 5.91 Å². The summed E-state index contributed by atoms with van der Waals surface area (Å²) in [5.74, 6) is 0.477. The summed E-state index contributed by atoms with van der Waals surface area (Å²) >= 11 is 1.50. The van der Waals surface area contributed by atoms with Crippen molar-refractivity contribution < 1.29 is 4.79 Å². The third-order valence-corrected chi connectivity index (χ3v) is 5.08. The van der Waals surface area contributed by atoms with Gasteiger partial charge in [0, 0.05) is 12.3 Å². The number of aromatic amines is 1. The minimum atomic E-state index is -0.865. The SMILES string of the molecule is CCn1c(SCCC2CCCC2(N)C(N)=O)n[nH]c1=O. The highest BCUT2D eigenvalue weighted by Gasteiger charge is 2.43. The van der Waals surface area contributed by atoms with Crippen LogP contribution < -0.4 is 17.2 Å². The van der Waals surface area contributed by atoms with E-state index in [9.17, 15) is 9.59 Å². The standard InChI is InChI=1S/C12H21N5O2S/c1-2-17-10(19)15-16-11(17)20-7-5-8-4-3-6-12(8,14)9(13)18/h8H,2-7,14H2,1H3,(H2,13,18)(H,15,19). The highest BCUT2D eigenvalue weighted by molar-refractivity contribution is 7.99. The van der Waals surface area contributed by atoms with Gasteiger partial charge in [0.15, 0.2) is 5.16 Å². The predicted octanol–water partition coefficient (Wildman–Crippen LogP) is 0.0564. The van der Waals surface area contributed by atoms with E-state index in [1.54, 1.807) is 4.57 Å². The van der Waals surface area contributed by atoms with Crippen molar-refractivity contribution in [3.63, 3.8) is 0 Å². The zero-order chi connectivity index (χ0) is 14.8. The summed E-state index contributed by atoms with van der Waals surface area (Å²) in [7, 11) is 0. The van der Waals surface area contributed by atoms with Crippen molar-refractivity contribution in [1.29, 1.82) is 0 Å². The van der Waals surface area contributed by atoms with Crippen LogP contribution >= 0.6 is 11.8 Å². The molecule has 20 heavy (non-hydrogen) atoms. The molecular formula is C12H21N5O2S. The molecule has 2 rings (SSSR count). The molecule has 2 atom stereocenters. The number of carbonyl (C=O) groups excluding carboxylic acids is 1. The number of nitrogens with zero attached hydrogens (tertiary/aromatic N) is 2. The molecule has 5 N–H and O–H groups in total. The first-order chi connectivity index (χ1) is 9.49. The maximum atomic E-state index is 11.5. The Morgan fingerprint density at radius 3 is 3.05 bits per heavy atom. The van der Waals surface area contributed by atoms with Crippen LogP contribution in [-0.2, 0) is 11.3 Å². The predicted molar refractivity (Wildman–Crippen MR) is 77.3 cm³/mol. The average molecular weight is 299 g/mol. The van der Waals surface area contributed by atoms with E-state index in [-0.39, 0.29) is 11.6 Å². The van der Waals surface area contributed by atoms with Crippen LogP contribution in [0.3, 0.4) is 0 Å². The molecule has 1 aliphatic rings. The first-order valence-corrected chi connectivity index (χ1v) is 7.84. The van der Waals surface area contributed by atoms with Crippen LogP contribution in [0.15, 0.2) is 9.95 Å². The van der Waals surface area contributed by atoms with Gasteiger partial charge in [-0.25, -0.2) is 9.89 Å². The summed E-state index contributed by atoms with van der Waals surface area (Å²) in [6, 6.07) is 0. The first-order valence-electron chi connectivity index (χ1n) is 6.85. The van der Waals surface area contributed by atoms with Gasteiger partial charge < -0.3 is 11.5 Å². The van der Waals surface area contributed by atoms with E-state index in [2.05, 4.69) is 10.2 Å². The van der Waals surface area contributed by atoms with Crippen molar-refractivity contribution in [2.45, 2.75) is 49.8 Å². The molecule has 1 fully saturated rings. The number of hydrogen-bond acceptors (Lipinski definition) is 5. The summed E-state index contributed by atoms with van der Waals surface area (Å²) in [6.07, 6.45) is 3.34. The monoisotopic (exact) mass is 299 g/mol. The quantitative estimate of drug-likeness (QED) is 0.641. The van der Waals surface area contributed by atoms with E-state index < -0.39 is 11.4 Å². The van der Waals surface area contributed by atoms with Gasteiger partial charge >= 0.3 is 5.69 Å². The number of amides is 1. The van der Waals surface area contributed by atoms with Gasteiger partial charge in [-0.15, -0.1) is 5.10 Å². The van der Waals surface area contributed by atoms with Crippen molar-refractivity contribution >= 4 is 17.7 Å². The third kappa shape index (κ3) is 2.76. The number of H-pyrrole nitrogens is 1. The van der Waals surface area contributed by atoms with E-state index in [1.165, 1.54) is 11.8 Å². The molecule has 1 aromatic rings. The fourth-order valence-electron chi connectivity index (χ4n) is 2.81. The Bertz CT molecular complexity index is 540. The van der Waals surface area contributed by atoms with Gasteiger partial charge in [0.05, 0.1) is 5.54 Å². The van der Waals surface area contributed by atoms with Crippen molar-refractivity contribution in [2.75, 3.05) is 5.75 Å². The lowest BCUT2D eigenvalue weighted by atomic mass is 9.85. The molecular weight excluding hydrogens is 278 g/mol. The summed E-state index contributed by atoms with van der Waals surface area (Å²) < 4.78 is 1.59. The van der Waals surface area contributed by atoms with Crippen molar-refractivity contribution in [1.82, 2.24) is 14.8 Å². The maximum Gasteiger partial charge on any atom is 0.343 e. The lowest BCUT2D eigenvalue weighted by Gasteiger charge is -2.27. The minimum absolute atomic E-state index is 0.119. The number of aromatic nitrogens is 3. The van der Waals surface area contributed by atoms with Gasteiger partial charge in [0.1, 0.15) is 0 Å². The number of rotatable bonds is 6. The molecule has 7 nitrogen and oxygen atoms in total.